The molecule has 1 aliphatic carbocycles. The van der Waals surface area contributed by atoms with Gasteiger partial charge in [0.05, 0.1) is 17.9 Å². The molecule has 0 radical (unpaired) electrons. The monoisotopic (exact) mass is 338 g/mol. The number of hydrogen-bond donors (Lipinski definition) is 1. The lowest BCUT2D eigenvalue weighted by Crippen LogP contribution is -2.20. The third-order valence-electron chi connectivity index (χ3n) is 3.99. The molecule has 0 aromatic heterocycles. The van der Waals surface area contributed by atoms with Crippen LogP contribution in [-0.2, 0) is 19.6 Å². The van der Waals surface area contributed by atoms with E-state index in [0.717, 1.165) is 24.1 Å². The number of nitrogens with zero attached hydrogens (tertiary/aromatic N) is 1. The molecule has 0 spiro atoms. The minimum atomic E-state index is -3.65. The van der Waals surface area contributed by atoms with Crippen molar-refractivity contribution in [3.05, 3.63) is 29.8 Å². The van der Waals surface area contributed by atoms with E-state index in [1.165, 1.54) is 7.11 Å². The number of rotatable bonds is 4. The van der Waals surface area contributed by atoms with E-state index < -0.39 is 10.0 Å². The van der Waals surface area contributed by atoms with Gasteiger partial charge in [-0.25, -0.2) is 4.83 Å². The summed E-state index contributed by atoms with van der Waals surface area (Å²) in [6.07, 6.45) is 3.46. The van der Waals surface area contributed by atoms with Gasteiger partial charge in [0, 0.05) is 5.71 Å². The van der Waals surface area contributed by atoms with Gasteiger partial charge in [0.25, 0.3) is 10.0 Å². The van der Waals surface area contributed by atoms with Crippen LogP contribution in [0.2, 0.25) is 0 Å². The van der Waals surface area contributed by atoms with Crippen molar-refractivity contribution in [2.24, 2.45) is 11.0 Å². The van der Waals surface area contributed by atoms with Crippen LogP contribution in [0.1, 0.15) is 37.7 Å². The van der Waals surface area contributed by atoms with Crippen molar-refractivity contribution in [2.75, 3.05) is 7.11 Å². The van der Waals surface area contributed by atoms with Crippen molar-refractivity contribution in [1.82, 2.24) is 4.83 Å². The van der Waals surface area contributed by atoms with E-state index in [9.17, 15) is 13.2 Å². The summed E-state index contributed by atoms with van der Waals surface area (Å²) in [5.74, 6) is -0.326. The van der Waals surface area contributed by atoms with Crippen molar-refractivity contribution in [1.29, 1.82) is 0 Å². The van der Waals surface area contributed by atoms with Crippen LogP contribution in [-0.4, -0.2) is 27.2 Å². The highest BCUT2D eigenvalue weighted by molar-refractivity contribution is 7.89. The molecule has 7 heteroatoms. The van der Waals surface area contributed by atoms with Crippen LogP contribution in [0.5, 0.6) is 0 Å². The van der Waals surface area contributed by atoms with Gasteiger partial charge < -0.3 is 4.74 Å². The number of esters is 1. The molecule has 1 saturated carbocycles. The van der Waals surface area contributed by atoms with Crippen LogP contribution < -0.4 is 4.83 Å². The van der Waals surface area contributed by atoms with E-state index >= 15 is 0 Å². The topological polar surface area (TPSA) is 84.8 Å². The first kappa shape index (κ1) is 17.5. The molecule has 0 saturated heterocycles. The van der Waals surface area contributed by atoms with E-state index in [2.05, 4.69) is 9.93 Å². The molecule has 0 amide bonds. The fraction of sp³-hybridized carbons (Fsp3) is 0.500. The Morgan fingerprint density at radius 3 is 2.57 bits per heavy atom. The molecule has 126 valence electrons. The van der Waals surface area contributed by atoms with Crippen molar-refractivity contribution in [3.63, 3.8) is 0 Å². The Labute approximate surface area is 137 Å². The van der Waals surface area contributed by atoms with Crippen LogP contribution in [0.25, 0.3) is 0 Å². The first-order valence-corrected chi connectivity index (χ1v) is 9.12. The fourth-order valence-corrected chi connectivity index (χ4v) is 3.42. The first-order chi connectivity index (χ1) is 10.9. The number of benzene rings is 1. The minimum absolute atomic E-state index is 0.124. The number of carbonyl (C=O) groups excluding carboxylic acids is 1. The number of aryl methyl sites for hydroxylation is 1. The molecular formula is C16H22N2O4S. The molecule has 1 aliphatic rings. The van der Waals surface area contributed by atoms with Crippen molar-refractivity contribution in [2.45, 2.75) is 43.9 Å². The maximum Gasteiger partial charge on any atom is 0.308 e. The summed E-state index contributed by atoms with van der Waals surface area (Å²) < 4.78 is 29.2. The number of ether oxygens (including phenoxy) is 1. The molecular weight excluding hydrogens is 316 g/mol. The Balaban J connectivity index is 2.02. The zero-order valence-corrected chi connectivity index (χ0v) is 14.2. The molecule has 1 unspecified atom stereocenters. The van der Waals surface area contributed by atoms with Gasteiger partial charge in [-0.05, 0) is 51.2 Å². The molecule has 1 fully saturated rings. The Bertz CT molecular complexity index is 681. The van der Waals surface area contributed by atoms with E-state index in [4.69, 9.17) is 4.74 Å². The van der Waals surface area contributed by atoms with Crippen LogP contribution in [0.4, 0.5) is 0 Å². The van der Waals surface area contributed by atoms with Gasteiger partial charge in [0.1, 0.15) is 0 Å². The van der Waals surface area contributed by atoms with E-state index in [-0.39, 0.29) is 16.8 Å². The number of methoxy groups -OCH3 is 1. The maximum absolute atomic E-state index is 12.2. The molecule has 2 rings (SSSR count). The van der Waals surface area contributed by atoms with Crippen molar-refractivity contribution >= 4 is 21.7 Å². The summed E-state index contributed by atoms with van der Waals surface area (Å²) in [7, 11) is -2.27. The van der Waals surface area contributed by atoms with Gasteiger partial charge in [-0.15, -0.1) is 0 Å². The number of carbonyl (C=O) groups is 1. The van der Waals surface area contributed by atoms with Gasteiger partial charge >= 0.3 is 5.97 Å². The van der Waals surface area contributed by atoms with Crippen LogP contribution >= 0.6 is 0 Å². The summed E-state index contributed by atoms with van der Waals surface area (Å²) in [5, 5.41) is 4.06. The van der Waals surface area contributed by atoms with Gasteiger partial charge in [0.15, 0.2) is 0 Å². The van der Waals surface area contributed by atoms with Crippen LogP contribution in [0.3, 0.4) is 0 Å². The van der Waals surface area contributed by atoms with Crippen molar-refractivity contribution in [3.8, 4) is 0 Å². The van der Waals surface area contributed by atoms with Gasteiger partial charge in [-0.3, -0.25) is 4.79 Å². The second-order valence-corrected chi connectivity index (χ2v) is 7.40. The van der Waals surface area contributed by atoms with E-state index in [1.54, 1.807) is 24.3 Å². The van der Waals surface area contributed by atoms with Gasteiger partial charge in [0.2, 0.25) is 0 Å². The molecule has 0 aliphatic heterocycles. The number of sulfonamides is 1. The average molecular weight is 338 g/mol. The lowest BCUT2D eigenvalue weighted by molar-refractivity contribution is -0.145. The number of hydrazone groups is 1. The zero-order valence-electron chi connectivity index (χ0n) is 13.4. The summed E-state index contributed by atoms with van der Waals surface area (Å²) in [4.78, 5) is 14.1. The predicted molar refractivity (Wildman–Crippen MR) is 87.5 cm³/mol. The summed E-state index contributed by atoms with van der Waals surface area (Å²) >= 11 is 0. The van der Waals surface area contributed by atoms with E-state index in [1.807, 2.05) is 6.92 Å². The fourth-order valence-electron chi connectivity index (χ4n) is 2.57. The number of nitrogens with one attached hydrogen (secondary N) is 1. The standard InChI is InChI=1S/C16H22N2O4S/c1-12-6-10-15(11-7-12)23(20,21)18-17-14-5-3-4-13(8-9-14)16(19)22-2/h6-7,10-11,13,18H,3-5,8-9H2,1-2H3. The van der Waals surface area contributed by atoms with Crippen LogP contribution in [0, 0.1) is 12.8 Å². The summed E-state index contributed by atoms with van der Waals surface area (Å²) in [6.45, 7) is 1.90. The SMILES string of the molecule is COC(=O)C1CCCC(=NNS(=O)(=O)c2ccc(C)cc2)CC1. The quantitative estimate of drug-likeness (QED) is 0.519. The molecule has 1 aromatic carbocycles. The Morgan fingerprint density at radius 1 is 1.22 bits per heavy atom. The van der Waals surface area contributed by atoms with Gasteiger partial charge in [-0.1, -0.05) is 17.7 Å². The Morgan fingerprint density at radius 2 is 1.91 bits per heavy atom. The molecule has 0 bridgehead atoms. The Hall–Kier alpha value is -1.89. The Kier molecular flexibility index (Phi) is 5.76. The first-order valence-electron chi connectivity index (χ1n) is 7.64. The third-order valence-corrected chi connectivity index (χ3v) is 5.21. The highest BCUT2D eigenvalue weighted by Gasteiger charge is 2.23. The second kappa shape index (κ2) is 7.59. The van der Waals surface area contributed by atoms with Crippen LogP contribution in [0.15, 0.2) is 34.3 Å². The normalized spacial score (nSPS) is 20.8. The smallest absolute Gasteiger partial charge is 0.308 e. The third kappa shape index (κ3) is 4.79. The average Bonchev–Trinajstić information content (AvgIpc) is 2.78. The predicted octanol–water partition coefficient (Wildman–Crippen LogP) is 2.38. The van der Waals surface area contributed by atoms with E-state index in [0.29, 0.717) is 19.3 Å². The molecule has 1 atom stereocenters. The highest BCUT2D eigenvalue weighted by Crippen LogP contribution is 2.22. The molecule has 6 nitrogen and oxygen atoms in total. The summed E-state index contributed by atoms with van der Waals surface area (Å²) in [5.41, 5.74) is 1.76. The lowest BCUT2D eigenvalue weighted by atomic mass is 10.0. The zero-order chi connectivity index (χ0) is 16.9. The maximum atomic E-state index is 12.2. The van der Waals surface area contributed by atoms with Crippen molar-refractivity contribution < 1.29 is 17.9 Å². The second-order valence-electron chi connectivity index (χ2n) is 5.74. The lowest BCUT2D eigenvalue weighted by Gasteiger charge is -2.09. The largest absolute Gasteiger partial charge is 0.469 e. The minimum Gasteiger partial charge on any atom is -0.469 e. The molecule has 0 heterocycles. The van der Waals surface area contributed by atoms with Gasteiger partial charge in [-0.2, -0.15) is 13.5 Å². The highest BCUT2D eigenvalue weighted by atomic mass is 32.2. The summed E-state index contributed by atoms with van der Waals surface area (Å²) in [6, 6.07) is 6.60. The number of hydrogen-bond acceptors (Lipinski definition) is 5. The molecule has 23 heavy (non-hydrogen) atoms. The molecule has 1 aromatic rings. The molecule has 1 N–H and O–H groups in total.